The van der Waals surface area contributed by atoms with E-state index in [1.165, 1.54) is 16.9 Å². The van der Waals surface area contributed by atoms with Gasteiger partial charge in [-0.3, -0.25) is 0 Å². The number of piperazine rings is 1. The van der Waals surface area contributed by atoms with Crippen LogP contribution in [0, 0.1) is 13.8 Å². The molecule has 1 aliphatic heterocycles. The van der Waals surface area contributed by atoms with Crippen molar-refractivity contribution in [3.63, 3.8) is 0 Å². The first-order chi connectivity index (χ1) is 12.5. The second kappa shape index (κ2) is 8.52. The van der Waals surface area contributed by atoms with Crippen molar-refractivity contribution in [2.24, 2.45) is 0 Å². The number of rotatable bonds is 7. The zero-order valence-electron chi connectivity index (χ0n) is 15.3. The number of nitrogens with zero attached hydrogens (tertiary/aromatic N) is 2. The van der Waals surface area contributed by atoms with Gasteiger partial charge in [-0.05, 0) is 48.9 Å². The molecule has 1 fully saturated rings. The molecule has 0 bridgehead atoms. The third-order valence-electron chi connectivity index (χ3n) is 4.64. The van der Waals surface area contributed by atoms with E-state index in [4.69, 9.17) is 4.74 Å². The minimum atomic E-state index is -3.31. The molecule has 1 saturated heterocycles. The normalized spacial score (nSPS) is 16.7. The summed E-state index contributed by atoms with van der Waals surface area (Å²) < 4.78 is 33.0. The predicted molar refractivity (Wildman–Crippen MR) is 106 cm³/mol. The first kappa shape index (κ1) is 19.4. The van der Waals surface area contributed by atoms with Gasteiger partial charge in [-0.1, -0.05) is 18.2 Å². The lowest BCUT2D eigenvalue weighted by Gasteiger charge is -2.33. The second-order valence-electron chi connectivity index (χ2n) is 6.65. The highest BCUT2D eigenvalue weighted by molar-refractivity contribution is 7.91. The Morgan fingerprint density at radius 1 is 1.12 bits per heavy atom. The van der Waals surface area contributed by atoms with E-state index in [0.717, 1.165) is 37.4 Å². The van der Waals surface area contributed by atoms with Crippen molar-refractivity contribution in [2.45, 2.75) is 24.5 Å². The summed E-state index contributed by atoms with van der Waals surface area (Å²) in [4.78, 5) is 2.31. The predicted octanol–water partition coefficient (Wildman–Crippen LogP) is 3.14. The molecule has 0 unspecified atom stereocenters. The number of sulfonamides is 1. The van der Waals surface area contributed by atoms with Gasteiger partial charge in [-0.2, -0.15) is 4.31 Å². The van der Waals surface area contributed by atoms with Crippen LogP contribution in [0.2, 0.25) is 0 Å². The van der Waals surface area contributed by atoms with Gasteiger partial charge in [0.15, 0.2) is 0 Å². The topological polar surface area (TPSA) is 49.9 Å². The smallest absolute Gasteiger partial charge is 0.252 e. The molecule has 0 saturated carbocycles. The van der Waals surface area contributed by atoms with Crippen molar-refractivity contribution >= 4 is 21.4 Å². The molecule has 0 aliphatic carbocycles. The summed E-state index contributed by atoms with van der Waals surface area (Å²) in [6, 6.07) is 9.70. The fourth-order valence-electron chi connectivity index (χ4n) is 3.06. The van der Waals surface area contributed by atoms with Crippen molar-refractivity contribution in [2.75, 3.05) is 39.3 Å². The molecular formula is C19H26N2O3S2. The van der Waals surface area contributed by atoms with Crippen LogP contribution in [0.25, 0.3) is 0 Å². The maximum absolute atomic E-state index is 12.5. The zero-order valence-corrected chi connectivity index (χ0v) is 17.0. The summed E-state index contributed by atoms with van der Waals surface area (Å²) in [6.07, 6.45) is 0.936. The summed E-state index contributed by atoms with van der Waals surface area (Å²) in [5.74, 6) is 0.955. The Balaban J connectivity index is 1.41. The maximum atomic E-state index is 12.5. The van der Waals surface area contributed by atoms with Crippen molar-refractivity contribution in [1.82, 2.24) is 9.21 Å². The molecule has 0 radical (unpaired) electrons. The number of benzene rings is 1. The van der Waals surface area contributed by atoms with Crippen molar-refractivity contribution < 1.29 is 13.2 Å². The largest absolute Gasteiger partial charge is 0.493 e. The van der Waals surface area contributed by atoms with E-state index in [0.29, 0.717) is 23.9 Å². The Kier molecular flexibility index (Phi) is 6.34. The monoisotopic (exact) mass is 394 g/mol. The Hall–Kier alpha value is -1.41. The van der Waals surface area contributed by atoms with Gasteiger partial charge in [-0.15, -0.1) is 11.3 Å². The molecule has 0 atom stereocenters. The lowest BCUT2D eigenvalue weighted by Crippen LogP contribution is -2.48. The molecule has 0 spiro atoms. The van der Waals surface area contributed by atoms with Crippen LogP contribution in [0.1, 0.15) is 17.5 Å². The van der Waals surface area contributed by atoms with E-state index in [9.17, 15) is 8.42 Å². The lowest BCUT2D eigenvalue weighted by atomic mass is 10.1. The first-order valence-electron chi connectivity index (χ1n) is 8.93. The second-order valence-corrected chi connectivity index (χ2v) is 9.76. The van der Waals surface area contributed by atoms with Crippen molar-refractivity contribution in [3.05, 3.63) is 46.8 Å². The summed E-state index contributed by atoms with van der Waals surface area (Å²) >= 11 is 1.28. The SMILES string of the molecule is Cc1ccc(C)c(OCCCN2CCN(S(=O)(=O)c3cccs3)CC2)c1. The lowest BCUT2D eigenvalue weighted by molar-refractivity contribution is 0.174. The highest BCUT2D eigenvalue weighted by Gasteiger charge is 2.28. The maximum Gasteiger partial charge on any atom is 0.252 e. The number of thiophene rings is 1. The summed E-state index contributed by atoms with van der Waals surface area (Å²) in [5.41, 5.74) is 2.36. The summed E-state index contributed by atoms with van der Waals surface area (Å²) in [7, 11) is -3.31. The van der Waals surface area contributed by atoms with E-state index in [1.54, 1.807) is 21.8 Å². The van der Waals surface area contributed by atoms with Crippen LogP contribution < -0.4 is 4.74 Å². The molecule has 142 valence electrons. The molecule has 2 aromatic rings. The van der Waals surface area contributed by atoms with Crippen LogP contribution in [0.5, 0.6) is 5.75 Å². The molecule has 7 heteroatoms. The molecule has 3 rings (SSSR count). The number of hydrogen-bond donors (Lipinski definition) is 0. The van der Waals surface area contributed by atoms with E-state index in [1.807, 2.05) is 0 Å². The van der Waals surface area contributed by atoms with Crippen LogP contribution in [-0.4, -0.2) is 57.0 Å². The van der Waals surface area contributed by atoms with Crippen LogP contribution in [0.3, 0.4) is 0 Å². The van der Waals surface area contributed by atoms with E-state index < -0.39 is 10.0 Å². The molecule has 26 heavy (non-hydrogen) atoms. The first-order valence-corrected chi connectivity index (χ1v) is 11.2. The van der Waals surface area contributed by atoms with Gasteiger partial charge in [0.2, 0.25) is 0 Å². The van der Waals surface area contributed by atoms with Gasteiger partial charge >= 0.3 is 0 Å². The van der Waals surface area contributed by atoms with Gasteiger partial charge in [0.25, 0.3) is 10.0 Å². The Morgan fingerprint density at radius 3 is 2.58 bits per heavy atom. The van der Waals surface area contributed by atoms with E-state index in [-0.39, 0.29) is 0 Å². The summed E-state index contributed by atoms with van der Waals surface area (Å²) in [5, 5.41) is 1.80. The summed E-state index contributed by atoms with van der Waals surface area (Å²) in [6.45, 7) is 8.38. The van der Waals surface area contributed by atoms with Crippen LogP contribution in [0.15, 0.2) is 39.9 Å². The fourth-order valence-corrected chi connectivity index (χ4v) is 5.63. The standard InChI is InChI=1S/C19H26N2O3S2/c1-16-6-7-17(2)18(15-16)24-13-4-8-20-9-11-21(12-10-20)26(22,23)19-5-3-14-25-19/h3,5-7,14-15H,4,8-13H2,1-2H3. The van der Waals surface area contributed by atoms with Crippen LogP contribution in [0.4, 0.5) is 0 Å². The molecule has 0 N–H and O–H groups in total. The Bertz CT molecular complexity index is 811. The quantitative estimate of drug-likeness (QED) is 0.677. The Labute approximate surface area is 160 Å². The fraction of sp³-hybridized carbons (Fsp3) is 0.474. The molecule has 1 aromatic carbocycles. The van der Waals surface area contributed by atoms with Crippen LogP contribution >= 0.6 is 11.3 Å². The minimum Gasteiger partial charge on any atom is -0.493 e. The molecule has 5 nitrogen and oxygen atoms in total. The van der Waals surface area contributed by atoms with Gasteiger partial charge in [0.05, 0.1) is 6.61 Å². The molecule has 1 aromatic heterocycles. The van der Waals surface area contributed by atoms with E-state index in [2.05, 4.69) is 36.9 Å². The van der Waals surface area contributed by atoms with E-state index >= 15 is 0 Å². The third kappa shape index (κ3) is 4.65. The average molecular weight is 395 g/mol. The van der Waals surface area contributed by atoms with Crippen LogP contribution in [-0.2, 0) is 10.0 Å². The van der Waals surface area contributed by atoms with Gasteiger partial charge in [0, 0.05) is 32.7 Å². The number of hydrogen-bond acceptors (Lipinski definition) is 5. The molecule has 1 aliphatic rings. The van der Waals surface area contributed by atoms with Crippen molar-refractivity contribution in [1.29, 1.82) is 0 Å². The molecular weight excluding hydrogens is 368 g/mol. The highest BCUT2D eigenvalue weighted by atomic mass is 32.2. The minimum absolute atomic E-state index is 0.438. The number of aryl methyl sites for hydroxylation is 2. The third-order valence-corrected chi connectivity index (χ3v) is 7.91. The van der Waals surface area contributed by atoms with Gasteiger partial charge in [0.1, 0.15) is 9.96 Å². The Morgan fingerprint density at radius 2 is 1.88 bits per heavy atom. The van der Waals surface area contributed by atoms with Gasteiger partial charge < -0.3 is 9.64 Å². The number of ether oxygens (including phenoxy) is 1. The zero-order chi connectivity index (χ0) is 18.6. The highest BCUT2D eigenvalue weighted by Crippen LogP contribution is 2.22. The average Bonchev–Trinajstić information content (AvgIpc) is 3.17. The van der Waals surface area contributed by atoms with Crippen molar-refractivity contribution in [3.8, 4) is 5.75 Å². The van der Waals surface area contributed by atoms with Gasteiger partial charge in [-0.25, -0.2) is 8.42 Å². The molecule has 0 amide bonds. The molecule has 2 heterocycles.